The number of carboxylic acids is 1. The van der Waals surface area contributed by atoms with E-state index in [1.807, 2.05) is 0 Å². The molecule has 0 aliphatic rings. The molecule has 1 unspecified atom stereocenters. The molecule has 0 aromatic heterocycles. The van der Waals surface area contributed by atoms with E-state index in [1.54, 1.807) is 5.32 Å². The first-order valence-electron chi connectivity index (χ1n) is 5.33. The summed E-state index contributed by atoms with van der Waals surface area (Å²) < 4.78 is 35.4. The second kappa shape index (κ2) is 6.95. The number of aliphatic carboxylic acids is 1. The van der Waals surface area contributed by atoms with Gasteiger partial charge in [0.15, 0.2) is 0 Å². The summed E-state index contributed by atoms with van der Waals surface area (Å²) in [6.45, 7) is -0.259. The Balaban J connectivity index is 4.15. The molecule has 0 rings (SSSR count). The van der Waals surface area contributed by atoms with Crippen molar-refractivity contribution in [3.8, 4) is 0 Å². The lowest BCUT2D eigenvalue weighted by molar-refractivity contribution is -0.144. The quantitative estimate of drug-likeness (QED) is 0.684. The summed E-state index contributed by atoms with van der Waals surface area (Å²) in [5, 5.41) is 10.2. The maximum atomic E-state index is 11.8. The van der Waals surface area contributed by atoms with Crippen molar-refractivity contribution in [3.63, 3.8) is 0 Å². The van der Waals surface area contributed by atoms with E-state index in [2.05, 4.69) is 0 Å². The fourth-order valence-corrected chi connectivity index (χ4v) is 1.12. The molecule has 0 fully saturated rings. The zero-order valence-corrected chi connectivity index (χ0v) is 10.5. The highest BCUT2D eigenvalue weighted by atomic mass is 19.4. The Kier molecular flexibility index (Phi) is 6.30. The van der Waals surface area contributed by atoms with Crippen molar-refractivity contribution < 1.29 is 32.7 Å². The predicted molar refractivity (Wildman–Crippen MR) is 58.1 cm³/mol. The smallest absolute Gasteiger partial charge is 0.405 e. The van der Waals surface area contributed by atoms with Crippen molar-refractivity contribution in [1.82, 2.24) is 10.2 Å². The molecular weight excluding hydrogens is 269 g/mol. The fourth-order valence-electron chi connectivity index (χ4n) is 1.12. The van der Waals surface area contributed by atoms with Gasteiger partial charge in [-0.2, -0.15) is 13.2 Å². The highest BCUT2D eigenvalue weighted by Crippen LogP contribution is 2.12. The summed E-state index contributed by atoms with van der Waals surface area (Å²) in [4.78, 5) is 34.0. The van der Waals surface area contributed by atoms with Crippen LogP contribution in [0.4, 0.5) is 13.2 Å². The number of hydrogen-bond donors (Lipinski definition) is 2. The van der Waals surface area contributed by atoms with Gasteiger partial charge >= 0.3 is 12.1 Å². The molecule has 2 N–H and O–H groups in total. The van der Waals surface area contributed by atoms with Gasteiger partial charge in [-0.1, -0.05) is 6.92 Å². The van der Waals surface area contributed by atoms with Crippen LogP contribution in [-0.2, 0) is 14.4 Å². The minimum Gasteiger partial charge on any atom is -0.481 e. The SMILES string of the molecule is CC(CN(C)C(=O)CC(=O)NCC(F)(F)F)C(=O)O. The topological polar surface area (TPSA) is 86.7 Å². The van der Waals surface area contributed by atoms with Gasteiger partial charge in [0.05, 0.1) is 5.92 Å². The number of nitrogens with zero attached hydrogens (tertiary/aromatic N) is 1. The number of hydrogen-bond acceptors (Lipinski definition) is 3. The molecule has 110 valence electrons. The first-order valence-corrected chi connectivity index (χ1v) is 5.33. The molecule has 1 atom stereocenters. The molecule has 0 saturated carbocycles. The van der Waals surface area contributed by atoms with Gasteiger partial charge in [0.2, 0.25) is 11.8 Å². The van der Waals surface area contributed by atoms with Gasteiger partial charge in [0.25, 0.3) is 0 Å². The average Bonchev–Trinajstić information content (AvgIpc) is 2.25. The predicted octanol–water partition coefficient (Wildman–Crippen LogP) is 0.234. The Hall–Kier alpha value is -1.80. The minimum absolute atomic E-state index is 0.124. The molecule has 0 aromatic rings. The second-order valence-electron chi connectivity index (χ2n) is 4.08. The van der Waals surface area contributed by atoms with Crippen molar-refractivity contribution in [3.05, 3.63) is 0 Å². The molecule has 19 heavy (non-hydrogen) atoms. The number of carbonyl (C=O) groups is 3. The normalized spacial score (nSPS) is 12.7. The van der Waals surface area contributed by atoms with Crippen molar-refractivity contribution in [2.75, 3.05) is 20.1 Å². The average molecular weight is 284 g/mol. The Morgan fingerprint density at radius 1 is 1.32 bits per heavy atom. The van der Waals surface area contributed by atoms with Crippen LogP contribution in [0.1, 0.15) is 13.3 Å². The van der Waals surface area contributed by atoms with E-state index in [-0.39, 0.29) is 6.54 Å². The molecule has 0 aromatic carbocycles. The van der Waals surface area contributed by atoms with Gasteiger partial charge in [-0.05, 0) is 0 Å². The minimum atomic E-state index is -4.54. The molecule has 0 spiro atoms. The van der Waals surface area contributed by atoms with Crippen molar-refractivity contribution in [1.29, 1.82) is 0 Å². The van der Waals surface area contributed by atoms with Crippen LogP contribution in [-0.4, -0.2) is 54.1 Å². The van der Waals surface area contributed by atoms with Crippen LogP contribution in [0.3, 0.4) is 0 Å². The van der Waals surface area contributed by atoms with Gasteiger partial charge in [0, 0.05) is 13.6 Å². The number of rotatable bonds is 6. The molecule has 2 amide bonds. The largest absolute Gasteiger partial charge is 0.481 e. The summed E-state index contributed by atoms with van der Waals surface area (Å²) >= 11 is 0. The van der Waals surface area contributed by atoms with Crippen LogP contribution in [0.25, 0.3) is 0 Å². The third-order valence-electron chi connectivity index (χ3n) is 2.19. The fraction of sp³-hybridized carbons (Fsp3) is 0.700. The first-order chi connectivity index (χ1) is 8.53. The first kappa shape index (κ1) is 17.2. The zero-order valence-electron chi connectivity index (χ0n) is 10.5. The van der Waals surface area contributed by atoms with E-state index in [0.29, 0.717) is 0 Å². The monoisotopic (exact) mass is 284 g/mol. The molecular formula is C10H15F3N2O4. The lowest BCUT2D eigenvalue weighted by atomic mass is 10.1. The van der Waals surface area contributed by atoms with Gasteiger partial charge in [0.1, 0.15) is 13.0 Å². The molecule has 0 aliphatic carbocycles. The van der Waals surface area contributed by atoms with Gasteiger partial charge in [-0.15, -0.1) is 0 Å². The summed E-state index contributed by atoms with van der Waals surface area (Å²) in [6.07, 6.45) is -5.29. The molecule has 0 heterocycles. The van der Waals surface area contributed by atoms with Crippen LogP contribution in [0, 0.1) is 5.92 Å². The maximum Gasteiger partial charge on any atom is 0.405 e. The summed E-state index contributed by atoms with van der Waals surface area (Å²) in [5.74, 6) is -3.74. The van der Waals surface area contributed by atoms with Crippen LogP contribution >= 0.6 is 0 Å². The Bertz CT molecular complexity index is 357. The number of nitrogens with one attached hydrogen (secondary N) is 1. The van der Waals surface area contributed by atoms with E-state index >= 15 is 0 Å². The van der Waals surface area contributed by atoms with E-state index in [0.717, 1.165) is 4.90 Å². The van der Waals surface area contributed by atoms with Crippen molar-refractivity contribution >= 4 is 17.8 Å². The summed E-state index contributed by atoms with van der Waals surface area (Å²) in [7, 11) is 1.28. The third kappa shape index (κ3) is 8.01. The van der Waals surface area contributed by atoms with Crippen LogP contribution in [0.15, 0.2) is 0 Å². The molecule has 0 aliphatic heterocycles. The highest BCUT2D eigenvalue weighted by Gasteiger charge is 2.28. The maximum absolute atomic E-state index is 11.8. The lowest BCUT2D eigenvalue weighted by Crippen LogP contribution is -2.39. The Morgan fingerprint density at radius 2 is 1.84 bits per heavy atom. The highest BCUT2D eigenvalue weighted by molar-refractivity contribution is 5.96. The van der Waals surface area contributed by atoms with Crippen molar-refractivity contribution in [2.45, 2.75) is 19.5 Å². The molecule has 0 saturated heterocycles. The number of carboxylic acid groups (broad SMARTS) is 1. The van der Waals surface area contributed by atoms with Gasteiger partial charge < -0.3 is 15.3 Å². The summed E-state index contributed by atoms with van der Waals surface area (Å²) in [5.41, 5.74) is 0. The zero-order chi connectivity index (χ0) is 15.2. The molecule has 0 bridgehead atoms. The number of carbonyl (C=O) groups excluding carboxylic acids is 2. The van der Waals surface area contributed by atoms with E-state index in [1.165, 1.54) is 14.0 Å². The molecule has 9 heteroatoms. The molecule has 6 nitrogen and oxygen atoms in total. The van der Waals surface area contributed by atoms with Crippen LogP contribution < -0.4 is 5.32 Å². The van der Waals surface area contributed by atoms with E-state index in [9.17, 15) is 27.6 Å². The second-order valence-corrected chi connectivity index (χ2v) is 4.08. The standard InChI is InChI=1S/C10H15F3N2O4/c1-6(9(18)19)4-15(2)8(17)3-7(16)14-5-10(11,12)13/h6H,3-5H2,1-2H3,(H,14,16)(H,18,19). The Labute approximate surface area is 107 Å². The summed E-state index contributed by atoms with van der Waals surface area (Å²) in [6, 6.07) is 0. The van der Waals surface area contributed by atoms with Gasteiger partial charge in [-0.3, -0.25) is 14.4 Å². The number of alkyl halides is 3. The van der Waals surface area contributed by atoms with Crippen LogP contribution in [0.5, 0.6) is 0 Å². The van der Waals surface area contributed by atoms with Crippen molar-refractivity contribution in [2.24, 2.45) is 5.92 Å². The van der Waals surface area contributed by atoms with Gasteiger partial charge in [-0.25, -0.2) is 0 Å². The third-order valence-corrected chi connectivity index (χ3v) is 2.19. The van der Waals surface area contributed by atoms with E-state index in [4.69, 9.17) is 5.11 Å². The number of amides is 2. The van der Waals surface area contributed by atoms with E-state index < -0.39 is 42.8 Å². The number of halogens is 3. The molecule has 0 radical (unpaired) electrons. The Morgan fingerprint density at radius 3 is 2.26 bits per heavy atom. The lowest BCUT2D eigenvalue weighted by Gasteiger charge is -2.19. The van der Waals surface area contributed by atoms with Crippen LogP contribution in [0.2, 0.25) is 0 Å².